The summed E-state index contributed by atoms with van der Waals surface area (Å²) in [7, 11) is 0. The molecule has 106 valence electrons. The van der Waals surface area contributed by atoms with Crippen LogP contribution in [0.4, 0.5) is 13.2 Å². The normalized spacial score (nSPS) is 20.3. The summed E-state index contributed by atoms with van der Waals surface area (Å²) < 4.78 is 36.8. The summed E-state index contributed by atoms with van der Waals surface area (Å²) in [5, 5.41) is 10.9. The standard InChI is InChI=1S/C10H14F3N5O/c11-10(12,13)9-16-7(17-18-9)5-15-8(19)6-2-1-3-14-4-6/h6,14H,1-5H2,(H,15,19)(H,16,17,18). The minimum atomic E-state index is -4.58. The Morgan fingerprint density at radius 1 is 1.47 bits per heavy atom. The fourth-order valence-electron chi connectivity index (χ4n) is 1.89. The van der Waals surface area contributed by atoms with Crippen molar-refractivity contribution in [2.24, 2.45) is 5.92 Å². The molecule has 0 bridgehead atoms. The molecule has 1 aromatic rings. The molecular weight excluding hydrogens is 263 g/mol. The van der Waals surface area contributed by atoms with Crippen molar-refractivity contribution < 1.29 is 18.0 Å². The smallest absolute Gasteiger partial charge is 0.349 e. The van der Waals surface area contributed by atoms with Crippen LogP contribution >= 0.6 is 0 Å². The maximum absolute atomic E-state index is 12.3. The molecule has 1 amide bonds. The molecule has 1 saturated heterocycles. The zero-order valence-corrected chi connectivity index (χ0v) is 10.0. The van der Waals surface area contributed by atoms with Gasteiger partial charge in [0.25, 0.3) is 5.82 Å². The first-order valence-corrected chi connectivity index (χ1v) is 5.93. The topological polar surface area (TPSA) is 82.7 Å². The van der Waals surface area contributed by atoms with Crippen LogP contribution in [0.5, 0.6) is 0 Å². The highest BCUT2D eigenvalue weighted by Gasteiger charge is 2.36. The molecule has 0 spiro atoms. The van der Waals surface area contributed by atoms with Gasteiger partial charge >= 0.3 is 6.18 Å². The number of aromatic amines is 1. The summed E-state index contributed by atoms with van der Waals surface area (Å²) in [5.41, 5.74) is 0. The SMILES string of the molecule is O=C(NCc1nc(C(F)(F)F)n[nH]1)C1CCCNC1. The van der Waals surface area contributed by atoms with E-state index in [0.29, 0.717) is 6.54 Å². The fraction of sp³-hybridized carbons (Fsp3) is 0.700. The molecule has 1 fully saturated rings. The van der Waals surface area contributed by atoms with E-state index in [9.17, 15) is 18.0 Å². The van der Waals surface area contributed by atoms with E-state index in [2.05, 4.69) is 25.8 Å². The minimum absolute atomic E-state index is 0.00977. The highest BCUT2D eigenvalue weighted by atomic mass is 19.4. The number of piperidine rings is 1. The summed E-state index contributed by atoms with van der Waals surface area (Å²) >= 11 is 0. The Hall–Kier alpha value is -1.64. The number of nitrogens with zero attached hydrogens (tertiary/aromatic N) is 2. The van der Waals surface area contributed by atoms with Crippen molar-refractivity contribution in [3.63, 3.8) is 0 Å². The summed E-state index contributed by atoms with van der Waals surface area (Å²) in [6, 6.07) is 0. The van der Waals surface area contributed by atoms with Gasteiger partial charge in [0.2, 0.25) is 5.91 Å². The molecule has 0 aliphatic carbocycles. The van der Waals surface area contributed by atoms with E-state index in [1.165, 1.54) is 0 Å². The second-order valence-corrected chi connectivity index (χ2v) is 4.36. The minimum Gasteiger partial charge on any atom is -0.349 e. The molecule has 1 aromatic heterocycles. The molecule has 0 aromatic carbocycles. The Morgan fingerprint density at radius 3 is 2.84 bits per heavy atom. The van der Waals surface area contributed by atoms with Crippen LogP contribution in [-0.4, -0.2) is 34.2 Å². The fourth-order valence-corrected chi connectivity index (χ4v) is 1.89. The Bertz CT molecular complexity index is 439. The lowest BCUT2D eigenvalue weighted by Gasteiger charge is -2.21. The average molecular weight is 277 g/mol. The van der Waals surface area contributed by atoms with E-state index in [-0.39, 0.29) is 24.2 Å². The largest absolute Gasteiger partial charge is 0.453 e. The predicted molar refractivity (Wildman–Crippen MR) is 58.8 cm³/mol. The first-order valence-electron chi connectivity index (χ1n) is 5.93. The molecular formula is C10H14F3N5O. The third-order valence-electron chi connectivity index (χ3n) is 2.88. The predicted octanol–water partition coefficient (Wildman–Crippen LogP) is 0.439. The van der Waals surface area contributed by atoms with Crippen molar-refractivity contribution in [1.82, 2.24) is 25.8 Å². The number of alkyl halides is 3. The van der Waals surface area contributed by atoms with Gasteiger partial charge in [-0.25, -0.2) is 4.98 Å². The number of halogens is 3. The summed E-state index contributed by atoms with van der Waals surface area (Å²) in [6.45, 7) is 1.40. The van der Waals surface area contributed by atoms with Crippen LogP contribution in [-0.2, 0) is 17.5 Å². The average Bonchev–Trinajstić information content (AvgIpc) is 2.86. The molecule has 2 rings (SSSR count). The van der Waals surface area contributed by atoms with Crippen molar-refractivity contribution in [3.05, 3.63) is 11.6 Å². The lowest BCUT2D eigenvalue weighted by atomic mass is 9.99. The quantitative estimate of drug-likeness (QED) is 0.748. The number of carbonyl (C=O) groups is 1. The molecule has 0 radical (unpaired) electrons. The van der Waals surface area contributed by atoms with Gasteiger partial charge in [-0.15, -0.1) is 5.10 Å². The maximum Gasteiger partial charge on any atom is 0.453 e. The van der Waals surface area contributed by atoms with E-state index < -0.39 is 12.0 Å². The number of aromatic nitrogens is 3. The van der Waals surface area contributed by atoms with E-state index in [1.807, 2.05) is 0 Å². The van der Waals surface area contributed by atoms with E-state index in [0.717, 1.165) is 19.4 Å². The Morgan fingerprint density at radius 2 is 2.26 bits per heavy atom. The molecule has 19 heavy (non-hydrogen) atoms. The van der Waals surface area contributed by atoms with Gasteiger partial charge in [-0.2, -0.15) is 13.2 Å². The van der Waals surface area contributed by atoms with Crippen molar-refractivity contribution in [2.75, 3.05) is 13.1 Å². The molecule has 1 unspecified atom stereocenters. The van der Waals surface area contributed by atoms with Crippen LogP contribution in [0.3, 0.4) is 0 Å². The molecule has 1 aliphatic rings. The molecule has 0 saturated carbocycles. The number of rotatable bonds is 3. The van der Waals surface area contributed by atoms with Gasteiger partial charge in [0.1, 0.15) is 5.82 Å². The summed E-state index contributed by atoms with van der Waals surface area (Å²) in [4.78, 5) is 15.0. The summed E-state index contributed by atoms with van der Waals surface area (Å²) in [5.74, 6) is -1.56. The monoisotopic (exact) mass is 277 g/mol. The lowest BCUT2D eigenvalue weighted by molar-refractivity contribution is -0.144. The van der Waals surface area contributed by atoms with Gasteiger partial charge in [-0.1, -0.05) is 0 Å². The van der Waals surface area contributed by atoms with E-state index in [4.69, 9.17) is 0 Å². The zero-order valence-electron chi connectivity index (χ0n) is 10.0. The van der Waals surface area contributed by atoms with E-state index >= 15 is 0 Å². The van der Waals surface area contributed by atoms with E-state index in [1.54, 1.807) is 0 Å². The molecule has 9 heteroatoms. The van der Waals surface area contributed by atoms with Crippen molar-refractivity contribution >= 4 is 5.91 Å². The Balaban J connectivity index is 1.85. The van der Waals surface area contributed by atoms with Crippen LogP contribution in [0.1, 0.15) is 24.5 Å². The number of nitrogens with one attached hydrogen (secondary N) is 3. The molecule has 6 nitrogen and oxygen atoms in total. The zero-order chi connectivity index (χ0) is 13.9. The first-order chi connectivity index (χ1) is 8.97. The number of hydrogen-bond donors (Lipinski definition) is 3. The van der Waals surface area contributed by atoms with Crippen LogP contribution < -0.4 is 10.6 Å². The lowest BCUT2D eigenvalue weighted by Crippen LogP contribution is -2.40. The van der Waals surface area contributed by atoms with Crippen LogP contribution in [0, 0.1) is 5.92 Å². The highest BCUT2D eigenvalue weighted by molar-refractivity contribution is 5.78. The Kier molecular flexibility index (Phi) is 4.03. The molecule has 2 heterocycles. The van der Waals surface area contributed by atoms with Crippen LogP contribution in [0.15, 0.2) is 0 Å². The summed E-state index contributed by atoms with van der Waals surface area (Å²) in [6.07, 6.45) is -2.88. The second-order valence-electron chi connectivity index (χ2n) is 4.36. The van der Waals surface area contributed by atoms with Gasteiger partial charge in [0.05, 0.1) is 12.5 Å². The molecule has 1 atom stereocenters. The maximum atomic E-state index is 12.3. The van der Waals surface area contributed by atoms with Crippen LogP contribution in [0.2, 0.25) is 0 Å². The van der Waals surface area contributed by atoms with Crippen LogP contribution in [0.25, 0.3) is 0 Å². The second kappa shape index (κ2) is 5.55. The third-order valence-corrected chi connectivity index (χ3v) is 2.88. The van der Waals surface area contributed by atoms with Crippen molar-refractivity contribution in [3.8, 4) is 0 Å². The number of amides is 1. The number of carbonyl (C=O) groups excluding carboxylic acids is 1. The van der Waals surface area contributed by atoms with Gasteiger partial charge in [-0.05, 0) is 19.4 Å². The molecule has 1 aliphatic heterocycles. The van der Waals surface area contributed by atoms with Gasteiger partial charge in [0.15, 0.2) is 0 Å². The third kappa shape index (κ3) is 3.66. The highest BCUT2D eigenvalue weighted by Crippen LogP contribution is 2.25. The van der Waals surface area contributed by atoms with Crippen molar-refractivity contribution in [2.45, 2.75) is 25.6 Å². The van der Waals surface area contributed by atoms with Crippen molar-refractivity contribution in [1.29, 1.82) is 0 Å². The number of H-pyrrole nitrogens is 1. The molecule has 3 N–H and O–H groups in total. The van der Waals surface area contributed by atoms with Gasteiger partial charge < -0.3 is 10.6 Å². The number of hydrogen-bond acceptors (Lipinski definition) is 4. The first kappa shape index (κ1) is 13.8. The Labute approximate surface area is 107 Å². The van der Waals surface area contributed by atoms with Gasteiger partial charge in [-0.3, -0.25) is 9.89 Å². The van der Waals surface area contributed by atoms with Gasteiger partial charge in [0, 0.05) is 6.54 Å².